The smallest absolute Gasteiger partial charge is 0.269 e. The molecule has 0 amide bonds. The minimum atomic E-state index is -0.397. The second-order valence-electron chi connectivity index (χ2n) is 5.96. The van der Waals surface area contributed by atoms with Crippen LogP contribution in [0.1, 0.15) is 34.5 Å². The minimum absolute atomic E-state index is 0.0318. The van der Waals surface area contributed by atoms with Crippen molar-refractivity contribution in [3.8, 4) is 0 Å². The Morgan fingerprint density at radius 3 is 2.54 bits per heavy atom. The third-order valence-electron chi connectivity index (χ3n) is 4.02. The number of Topliss-reactive ketones (excluding diaryl/α,β-unsaturated/α-hetero) is 1. The van der Waals surface area contributed by atoms with Crippen LogP contribution in [0.15, 0.2) is 75.1 Å². The van der Waals surface area contributed by atoms with Gasteiger partial charge in [0.15, 0.2) is 5.78 Å². The largest absolute Gasteiger partial charge is 0.294 e. The van der Waals surface area contributed by atoms with Crippen molar-refractivity contribution in [3.05, 3.63) is 88.0 Å². The van der Waals surface area contributed by atoms with Crippen molar-refractivity contribution in [1.82, 2.24) is 0 Å². The van der Waals surface area contributed by atoms with E-state index in [1.165, 1.54) is 10.3 Å². The SMILES string of the molecule is CCSc1ccc(S[C@H](CC(=O)c2ccccc2)c2cccc([N+](=O)[O-])c2)s1. The predicted molar refractivity (Wildman–Crippen MR) is 118 cm³/mol. The lowest BCUT2D eigenvalue weighted by atomic mass is 10.0. The Kier molecular flexibility index (Phi) is 7.30. The molecule has 0 unspecified atom stereocenters. The number of carbonyl (C=O) groups excluding carboxylic acids is 1. The fourth-order valence-electron chi connectivity index (χ4n) is 2.70. The van der Waals surface area contributed by atoms with E-state index in [1.807, 2.05) is 24.3 Å². The molecule has 1 heterocycles. The second kappa shape index (κ2) is 9.91. The van der Waals surface area contributed by atoms with Crippen LogP contribution in [0.3, 0.4) is 0 Å². The van der Waals surface area contributed by atoms with Gasteiger partial charge in [0.2, 0.25) is 0 Å². The molecule has 3 rings (SSSR count). The van der Waals surface area contributed by atoms with Crippen LogP contribution in [0.2, 0.25) is 0 Å². The van der Waals surface area contributed by atoms with Crippen LogP contribution in [0.25, 0.3) is 0 Å². The average molecular weight is 430 g/mol. The summed E-state index contributed by atoms with van der Waals surface area (Å²) in [5.41, 5.74) is 1.50. The van der Waals surface area contributed by atoms with E-state index in [0.29, 0.717) is 5.56 Å². The first-order valence-electron chi connectivity index (χ1n) is 8.78. The van der Waals surface area contributed by atoms with Gasteiger partial charge < -0.3 is 0 Å². The zero-order valence-electron chi connectivity index (χ0n) is 15.2. The van der Waals surface area contributed by atoms with Crippen LogP contribution in [0, 0.1) is 10.1 Å². The number of benzene rings is 2. The molecule has 0 aliphatic heterocycles. The number of nitro groups is 1. The van der Waals surface area contributed by atoms with Gasteiger partial charge in [-0.3, -0.25) is 14.9 Å². The first-order chi connectivity index (χ1) is 13.6. The van der Waals surface area contributed by atoms with Gasteiger partial charge in [0, 0.05) is 29.4 Å². The summed E-state index contributed by atoms with van der Waals surface area (Å²) in [5, 5.41) is 11.0. The zero-order chi connectivity index (χ0) is 19.9. The molecule has 28 heavy (non-hydrogen) atoms. The van der Waals surface area contributed by atoms with Gasteiger partial charge in [-0.2, -0.15) is 0 Å². The molecule has 0 spiro atoms. The van der Waals surface area contributed by atoms with E-state index >= 15 is 0 Å². The molecule has 1 atom stereocenters. The van der Waals surface area contributed by atoms with E-state index < -0.39 is 4.92 Å². The normalized spacial score (nSPS) is 11.9. The number of thioether (sulfide) groups is 2. The number of rotatable bonds is 9. The summed E-state index contributed by atoms with van der Waals surface area (Å²) >= 11 is 5.07. The third-order valence-corrected chi connectivity index (χ3v) is 7.64. The summed E-state index contributed by atoms with van der Waals surface area (Å²) in [7, 11) is 0. The maximum atomic E-state index is 12.8. The van der Waals surface area contributed by atoms with E-state index in [9.17, 15) is 14.9 Å². The number of nitrogens with zero attached hydrogens (tertiary/aromatic N) is 1. The molecule has 7 heteroatoms. The van der Waals surface area contributed by atoms with Crippen LogP contribution in [-0.2, 0) is 0 Å². The molecule has 0 aliphatic carbocycles. The highest BCUT2D eigenvalue weighted by Gasteiger charge is 2.21. The summed E-state index contributed by atoms with van der Waals surface area (Å²) in [6, 6.07) is 19.9. The van der Waals surface area contributed by atoms with Crippen LogP contribution in [0.4, 0.5) is 5.69 Å². The van der Waals surface area contributed by atoms with Crippen molar-refractivity contribution in [3.63, 3.8) is 0 Å². The van der Waals surface area contributed by atoms with Gasteiger partial charge in [0.25, 0.3) is 5.69 Å². The van der Waals surface area contributed by atoms with Gasteiger partial charge in [-0.25, -0.2) is 0 Å². The maximum Gasteiger partial charge on any atom is 0.269 e. The maximum absolute atomic E-state index is 12.8. The first kappa shape index (κ1) is 20.6. The van der Waals surface area contributed by atoms with Gasteiger partial charge in [-0.1, -0.05) is 49.4 Å². The highest BCUT2D eigenvalue weighted by Crippen LogP contribution is 2.43. The number of nitro benzene ring substituents is 1. The molecule has 0 fully saturated rings. The summed E-state index contributed by atoms with van der Waals surface area (Å²) in [5.74, 6) is 1.04. The summed E-state index contributed by atoms with van der Waals surface area (Å²) in [6.07, 6.45) is 0.282. The Hall–Kier alpha value is -2.09. The monoisotopic (exact) mass is 429 g/mol. The van der Waals surface area contributed by atoms with Crippen LogP contribution >= 0.6 is 34.9 Å². The zero-order valence-corrected chi connectivity index (χ0v) is 17.7. The second-order valence-corrected chi connectivity index (χ2v) is 10.1. The van der Waals surface area contributed by atoms with Crippen molar-refractivity contribution in [2.45, 2.75) is 27.0 Å². The predicted octanol–water partition coefficient (Wildman–Crippen LogP) is 6.87. The lowest BCUT2D eigenvalue weighted by molar-refractivity contribution is -0.384. The quantitative estimate of drug-likeness (QED) is 0.161. The molecule has 144 valence electrons. The van der Waals surface area contributed by atoms with Crippen molar-refractivity contribution in [1.29, 1.82) is 0 Å². The Morgan fingerprint density at radius 1 is 1.07 bits per heavy atom. The molecule has 0 bridgehead atoms. The standard InChI is InChI=1S/C21H19NO3S3/c1-2-26-20-11-12-21(28-20)27-19(14-18(23)15-7-4-3-5-8-15)16-9-6-10-17(13-16)22(24)25/h3-13,19H,2,14H2,1H3/t19-/m1/s1. The lowest BCUT2D eigenvalue weighted by Crippen LogP contribution is -2.05. The van der Waals surface area contributed by atoms with Crippen molar-refractivity contribution in [2.75, 3.05) is 5.75 Å². The molecular weight excluding hydrogens is 410 g/mol. The first-order valence-corrected chi connectivity index (χ1v) is 11.5. The Labute approximate surface area is 176 Å². The summed E-state index contributed by atoms with van der Waals surface area (Å²) < 4.78 is 2.34. The molecule has 4 nitrogen and oxygen atoms in total. The minimum Gasteiger partial charge on any atom is -0.294 e. The fraction of sp³-hybridized carbons (Fsp3) is 0.190. The van der Waals surface area contributed by atoms with Crippen LogP contribution in [-0.4, -0.2) is 16.5 Å². The van der Waals surface area contributed by atoms with Gasteiger partial charge in [-0.05, 0) is 23.4 Å². The van der Waals surface area contributed by atoms with Crippen molar-refractivity contribution in [2.24, 2.45) is 0 Å². The Bertz CT molecular complexity index is 956. The third kappa shape index (κ3) is 5.47. The highest BCUT2D eigenvalue weighted by atomic mass is 32.2. The van der Waals surface area contributed by atoms with Gasteiger partial charge in [-0.15, -0.1) is 34.9 Å². The number of hydrogen-bond donors (Lipinski definition) is 0. The fourth-order valence-corrected chi connectivity index (χ4v) is 6.39. The number of ketones is 1. The average Bonchev–Trinajstić information content (AvgIpc) is 3.15. The summed E-state index contributed by atoms with van der Waals surface area (Å²) in [4.78, 5) is 23.6. The molecular formula is C21H19NO3S3. The highest BCUT2D eigenvalue weighted by molar-refractivity contribution is 8.03. The molecule has 0 saturated heterocycles. The van der Waals surface area contributed by atoms with E-state index in [0.717, 1.165) is 15.5 Å². The number of hydrogen-bond acceptors (Lipinski definition) is 6. The van der Waals surface area contributed by atoms with Gasteiger partial charge >= 0.3 is 0 Å². The Morgan fingerprint density at radius 2 is 1.82 bits per heavy atom. The number of thiophene rings is 1. The molecule has 1 aromatic heterocycles. The van der Waals surface area contributed by atoms with Gasteiger partial charge in [0.1, 0.15) is 0 Å². The van der Waals surface area contributed by atoms with E-state index in [2.05, 4.69) is 19.1 Å². The van der Waals surface area contributed by atoms with Gasteiger partial charge in [0.05, 0.1) is 13.3 Å². The molecule has 2 aromatic carbocycles. The topological polar surface area (TPSA) is 60.2 Å². The van der Waals surface area contributed by atoms with Crippen molar-refractivity contribution < 1.29 is 9.72 Å². The number of non-ortho nitro benzene ring substituents is 1. The lowest BCUT2D eigenvalue weighted by Gasteiger charge is -2.15. The summed E-state index contributed by atoms with van der Waals surface area (Å²) in [6.45, 7) is 2.11. The van der Waals surface area contributed by atoms with E-state index in [-0.39, 0.29) is 23.1 Å². The molecule has 0 aliphatic rings. The molecule has 0 saturated carbocycles. The van der Waals surface area contributed by atoms with Crippen LogP contribution in [0.5, 0.6) is 0 Å². The molecule has 3 aromatic rings. The van der Waals surface area contributed by atoms with E-state index in [1.54, 1.807) is 59.1 Å². The van der Waals surface area contributed by atoms with E-state index in [4.69, 9.17) is 0 Å². The van der Waals surface area contributed by atoms with Crippen molar-refractivity contribution >= 4 is 46.3 Å². The Balaban J connectivity index is 1.87. The number of carbonyl (C=O) groups is 1. The molecule has 0 N–H and O–H groups in total. The molecule has 0 radical (unpaired) electrons. The van der Waals surface area contributed by atoms with Crippen LogP contribution < -0.4 is 0 Å².